The van der Waals surface area contributed by atoms with Crippen LogP contribution in [0.5, 0.6) is 0 Å². The van der Waals surface area contributed by atoms with Crippen molar-refractivity contribution in [3.8, 4) is 0 Å². The maximum absolute atomic E-state index is 5.48. The molecule has 2 aliphatic heterocycles. The van der Waals surface area contributed by atoms with E-state index in [0.717, 1.165) is 6.42 Å². The van der Waals surface area contributed by atoms with Crippen molar-refractivity contribution in [1.29, 1.82) is 0 Å². The van der Waals surface area contributed by atoms with E-state index in [0.29, 0.717) is 0 Å². The fourth-order valence-corrected chi connectivity index (χ4v) is 7.57. The predicted octanol–water partition coefficient (Wildman–Crippen LogP) is 9.24. The van der Waals surface area contributed by atoms with Crippen LogP contribution in [0.4, 0.5) is 11.4 Å². The highest BCUT2D eigenvalue weighted by molar-refractivity contribution is 6.07. The van der Waals surface area contributed by atoms with Gasteiger partial charge in [-0.2, -0.15) is 4.58 Å². The molecule has 0 bridgehead atoms. The molecular formula is C39H37N2O+. The van der Waals surface area contributed by atoms with E-state index < -0.39 is 0 Å². The van der Waals surface area contributed by atoms with Crippen LogP contribution in [0.3, 0.4) is 0 Å². The van der Waals surface area contributed by atoms with Gasteiger partial charge in [-0.3, -0.25) is 0 Å². The second kappa shape index (κ2) is 9.73. The highest BCUT2D eigenvalue weighted by atomic mass is 16.3. The molecule has 3 nitrogen and oxygen atoms in total. The Morgan fingerprint density at radius 2 is 1.48 bits per heavy atom. The molecule has 0 fully saturated rings. The summed E-state index contributed by atoms with van der Waals surface area (Å²) < 4.78 is 7.83. The number of nitrogens with zero attached hydrogens (tertiary/aromatic N) is 2. The van der Waals surface area contributed by atoms with E-state index in [2.05, 4.69) is 154 Å². The summed E-state index contributed by atoms with van der Waals surface area (Å²) in [7, 11) is 4.38. The van der Waals surface area contributed by atoms with E-state index in [-0.39, 0.29) is 10.8 Å². The second-order valence-corrected chi connectivity index (χ2v) is 12.4. The Bertz CT molecular complexity index is 1970. The molecule has 0 saturated heterocycles. The van der Waals surface area contributed by atoms with Crippen LogP contribution in [0.2, 0.25) is 0 Å². The number of furan rings is 1. The predicted molar refractivity (Wildman–Crippen MR) is 176 cm³/mol. The minimum Gasteiger partial charge on any atom is -0.472 e. The molecule has 1 unspecified atom stereocenters. The van der Waals surface area contributed by atoms with Crippen molar-refractivity contribution in [3.05, 3.63) is 144 Å². The summed E-state index contributed by atoms with van der Waals surface area (Å²) in [5.74, 6) is 0. The molecule has 5 aromatic rings. The van der Waals surface area contributed by atoms with E-state index in [1.54, 1.807) is 6.26 Å². The molecule has 42 heavy (non-hydrogen) atoms. The van der Waals surface area contributed by atoms with Crippen LogP contribution in [0.1, 0.15) is 37.5 Å². The molecule has 7 rings (SSSR count). The monoisotopic (exact) mass is 549 g/mol. The molecule has 0 radical (unpaired) electrons. The van der Waals surface area contributed by atoms with Crippen molar-refractivity contribution in [3.63, 3.8) is 0 Å². The first-order valence-electron chi connectivity index (χ1n) is 14.8. The lowest BCUT2D eigenvalue weighted by atomic mass is 9.75. The number of rotatable bonds is 5. The first kappa shape index (κ1) is 26.3. The summed E-state index contributed by atoms with van der Waals surface area (Å²) in [6.45, 7) is 7.05. The van der Waals surface area contributed by atoms with Gasteiger partial charge in [0.2, 0.25) is 5.69 Å². The lowest BCUT2D eigenvalue weighted by molar-refractivity contribution is -0.401. The number of hydrogen-bond donors (Lipinski definition) is 0. The Kier molecular flexibility index (Phi) is 6.09. The SMILES string of the molecule is CN1C(=CC=CC=CC2=[N+](C)c3ccc4ccccc4c3C2(C)C)C(C)(Cc2ccoc2)c2c1ccc1ccccc21. The molecule has 3 heteroatoms. The topological polar surface area (TPSA) is 19.4 Å². The minimum absolute atomic E-state index is 0.0920. The van der Waals surface area contributed by atoms with Crippen LogP contribution in [0.25, 0.3) is 21.5 Å². The van der Waals surface area contributed by atoms with Crippen molar-refractivity contribution in [2.45, 2.75) is 38.0 Å². The molecule has 0 N–H and O–H groups in total. The molecule has 1 atom stereocenters. The fraction of sp³-hybridized carbons (Fsp3) is 0.205. The van der Waals surface area contributed by atoms with Crippen LogP contribution in [-0.2, 0) is 17.3 Å². The summed E-state index contributed by atoms with van der Waals surface area (Å²) in [5.41, 5.74) is 8.84. The molecule has 0 amide bonds. The summed E-state index contributed by atoms with van der Waals surface area (Å²) >= 11 is 0. The van der Waals surface area contributed by atoms with Crippen molar-refractivity contribution in [2.24, 2.45) is 0 Å². The molecule has 0 spiro atoms. The first-order chi connectivity index (χ1) is 20.3. The second-order valence-electron chi connectivity index (χ2n) is 12.4. The Hall–Kier alpha value is -4.63. The number of hydrogen-bond acceptors (Lipinski definition) is 2. The summed E-state index contributed by atoms with van der Waals surface area (Å²) in [6, 6.07) is 28.5. The zero-order chi connectivity index (χ0) is 29.1. The quantitative estimate of drug-likeness (QED) is 0.161. The molecule has 2 aliphatic rings. The standard InChI is InChI=1S/C39H37N2O/c1-38(2)34(40(4)32-21-19-28-13-9-11-15-30(28)36(32)38)17-7-6-8-18-35-39(3,25-27-23-24-42-26-27)37-31-16-12-10-14-29(31)20-22-33(37)41(35)5/h6-24,26H,25H2,1-5H3/q+1. The molecule has 208 valence electrons. The summed E-state index contributed by atoms with van der Waals surface area (Å²) in [4.78, 5) is 2.36. The van der Waals surface area contributed by atoms with Crippen molar-refractivity contribution in [2.75, 3.05) is 19.0 Å². The lowest BCUT2D eigenvalue weighted by Gasteiger charge is -2.29. The Balaban J connectivity index is 1.23. The number of likely N-dealkylation sites (N-methyl/N-ethyl adjacent to an activating group) is 1. The van der Waals surface area contributed by atoms with Crippen LogP contribution in [0.15, 0.2) is 132 Å². The van der Waals surface area contributed by atoms with E-state index in [4.69, 9.17) is 4.42 Å². The van der Waals surface area contributed by atoms with Crippen LogP contribution in [0, 0.1) is 0 Å². The van der Waals surface area contributed by atoms with E-state index >= 15 is 0 Å². The van der Waals surface area contributed by atoms with Crippen molar-refractivity contribution < 1.29 is 8.99 Å². The summed E-state index contributed by atoms with van der Waals surface area (Å²) in [5, 5.41) is 5.22. The molecule has 3 heterocycles. The minimum atomic E-state index is -0.200. The van der Waals surface area contributed by atoms with Crippen LogP contribution >= 0.6 is 0 Å². The van der Waals surface area contributed by atoms with Crippen LogP contribution in [-0.4, -0.2) is 24.4 Å². The molecule has 0 saturated carbocycles. The number of fused-ring (bicyclic) bond motifs is 6. The smallest absolute Gasteiger partial charge is 0.210 e. The number of allylic oxidation sites excluding steroid dienone is 6. The molecule has 4 aromatic carbocycles. The first-order valence-corrected chi connectivity index (χ1v) is 14.8. The zero-order valence-electron chi connectivity index (χ0n) is 25.1. The van der Waals surface area contributed by atoms with Gasteiger partial charge in [0.15, 0.2) is 5.71 Å². The van der Waals surface area contributed by atoms with Gasteiger partial charge < -0.3 is 9.32 Å². The van der Waals surface area contributed by atoms with Crippen molar-refractivity contribution >= 4 is 38.6 Å². The van der Waals surface area contributed by atoms with E-state index in [1.165, 1.54) is 61.0 Å². The average molecular weight is 550 g/mol. The molecule has 1 aromatic heterocycles. The van der Waals surface area contributed by atoms with Gasteiger partial charge in [0.05, 0.1) is 17.9 Å². The van der Waals surface area contributed by atoms with Gasteiger partial charge in [-0.05, 0) is 84.1 Å². The Labute approximate surface area is 248 Å². The maximum Gasteiger partial charge on any atom is 0.210 e. The van der Waals surface area contributed by atoms with Gasteiger partial charge in [-0.15, -0.1) is 0 Å². The largest absolute Gasteiger partial charge is 0.472 e. The Morgan fingerprint density at radius 3 is 2.19 bits per heavy atom. The third-order valence-corrected chi connectivity index (χ3v) is 9.51. The Morgan fingerprint density at radius 1 is 0.786 bits per heavy atom. The van der Waals surface area contributed by atoms with Crippen molar-refractivity contribution in [1.82, 2.24) is 0 Å². The summed E-state index contributed by atoms with van der Waals surface area (Å²) in [6.07, 6.45) is 15.6. The highest BCUT2D eigenvalue weighted by Crippen LogP contribution is 2.52. The zero-order valence-corrected chi connectivity index (χ0v) is 25.1. The van der Waals surface area contributed by atoms with Gasteiger partial charge in [-0.1, -0.05) is 72.8 Å². The van der Waals surface area contributed by atoms with E-state index in [1.807, 2.05) is 6.26 Å². The van der Waals surface area contributed by atoms with E-state index in [9.17, 15) is 0 Å². The highest BCUT2D eigenvalue weighted by Gasteiger charge is 2.45. The van der Waals surface area contributed by atoms with Gasteiger partial charge in [-0.25, -0.2) is 0 Å². The van der Waals surface area contributed by atoms with Gasteiger partial charge >= 0.3 is 0 Å². The molecular weight excluding hydrogens is 512 g/mol. The number of benzene rings is 4. The average Bonchev–Trinajstić information content (AvgIpc) is 3.63. The van der Waals surface area contributed by atoms with Gasteiger partial charge in [0, 0.05) is 41.6 Å². The van der Waals surface area contributed by atoms with Gasteiger partial charge in [0.1, 0.15) is 7.05 Å². The van der Waals surface area contributed by atoms with Gasteiger partial charge in [0.25, 0.3) is 0 Å². The third kappa shape index (κ3) is 3.91. The number of anilines is 1. The normalized spacial score (nSPS) is 20.6. The third-order valence-electron chi connectivity index (χ3n) is 9.51. The lowest BCUT2D eigenvalue weighted by Crippen LogP contribution is -2.28. The molecule has 0 aliphatic carbocycles. The van der Waals surface area contributed by atoms with Crippen LogP contribution < -0.4 is 4.90 Å². The maximum atomic E-state index is 5.48. The fourth-order valence-electron chi connectivity index (χ4n) is 7.57.